The Morgan fingerprint density at radius 2 is 1.48 bits per heavy atom. The van der Waals surface area contributed by atoms with Crippen LogP contribution in [0.25, 0.3) is 0 Å². The Kier molecular flexibility index (Phi) is 6.20. The van der Waals surface area contributed by atoms with Crippen LogP contribution in [0.4, 0.5) is 16.2 Å². The van der Waals surface area contributed by atoms with E-state index in [0.29, 0.717) is 18.7 Å². The highest BCUT2D eigenvalue weighted by Gasteiger charge is 2.43. The van der Waals surface area contributed by atoms with Crippen LogP contribution in [-0.2, 0) is 21.4 Å². The van der Waals surface area contributed by atoms with Gasteiger partial charge in [0.05, 0.1) is 11.4 Å². The first-order valence-corrected chi connectivity index (χ1v) is 12.1. The first kappa shape index (κ1) is 22.5. The van der Waals surface area contributed by atoms with E-state index in [0.717, 1.165) is 9.87 Å². The van der Waals surface area contributed by atoms with Gasteiger partial charge in [-0.05, 0) is 43.2 Å². The maximum Gasteiger partial charge on any atom is 0.343 e. The molecule has 3 amide bonds. The molecule has 0 aromatic heterocycles. The lowest BCUT2D eigenvalue weighted by Gasteiger charge is -2.37. The molecule has 0 atom stereocenters. The fourth-order valence-electron chi connectivity index (χ4n) is 3.90. The molecule has 8 heteroatoms. The van der Waals surface area contributed by atoms with Gasteiger partial charge < -0.3 is 4.90 Å². The van der Waals surface area contributed by atoms with Gasteiger partial charge in [-0.3, -0.25) is 9.69 Å². The normalized spacial score (nSPS) is 14.7. The van der Waals surface area contributed by atoms with E-state index in [4.69, 9.17) is 0 Å². The van der Waals surface area contributed by atoms with E-state index in [1.165, 1.54) is 11.0 Å². The van der Waals surface area contributed by atoms with E-state index in [-0.39, 0.29) is 28.7 Å². The molecule has 0 N–H and O–H groups in total. The van der Waals surface area contributed by atoms with E-state index in [2.05, 4.69) is 0 Å². The molecule has 1 heterocycles. The number of fused-ring (bicyclic) bond motifs is 1. The fourth-order valence-corrected chi connectivity index (χ4v) is 5.56. The summed E-state index contributed by atoms with van der Waals surface area (Å²) in [4.78, 5) is 29.7. The molecule has 0 saturated carbocycles. The number of carbonyl (C=O) groups is 2. The highest BCUT2D eigenvalue weighted by Crippen LogP contribution is 2.38. The molecule has 3 aromatic carbocycles. The van der Waals surface area contributed by atoms with Crippen LogP contribution in [0.1, 0.15) is 18.1 Å². The number of urea groups is 1. The Bertz CT molecular complexity index is 1290. The Labute approximate surface area is 193 Å². The van der Waals surface area contributed by atoms with Crippen molar-refractivity contribution in [2.75, 3.05) is 22.3 Å². The largest absolute Gasteiger partial charge is 0.343 e. The van der Waals surface area contributed by atoms with E-state index in [1.807, 2.05) is 37.3 Å². The zero-order valence-corrected chi connectivity index (χ0v) is 19.3. The lowest BCUT2D eigenvalue weighted by atomic mass is 10.2. The Morgan fingerprint density at radius 3 is 2.15 bits per heavy atom. The second-order valence-electron chi connectivity index (χ2n) is 7.79. The van der Waals surface area contributed by atoms with E-state index in [1.54, 1.807) is 54.3 Å². The van der Waals surface area contributed by atoms with Crippen molar-refractivity contribution in [2.45, 2.75) is 25.3 Å². The van der Waals surface area contributed by atoms with Gasteiger partial charge in [-0.1, -0.05) is 60.7 Å². The Morgan fingerprint density at radius 1 is 0.879 bits per heavy atom. The summed E-state index contributed by atoms with van der Waals surface area (Å²) in [6.45, 7) is 4.20. The number of hydrogen-bond donors (Lipinski definition) is 0. The third-order valence-electron chi connectivity index (χ3n) is 5.66. The molecule has 3 aromatic rings. The van der Waals surface area contributed by atoms with Gasteiger partial charge in [-0.2, -0.15) is 4.31 Å². The molecule has 7 nitrogen and oxygen atoms in total. The van der Waals surface area contributed by atoms with Gasteiger partial charge in [0.1, 0.15) is 11.4 Å². The summed E-state index contributed by atoms with van der Waals surface area (Å²) >= 11 is 0. The van der Waals surface area contributed by atoms with E-state index in [9.17, 15) is 18.0 Å². The van der Waals surface area contributed by atoms with Crippen LogP contribution < -0.4 is 9.21 Å². The van der Waals surface area contributed by atoms with Crippen LogP contribution in [0.15, 0.2) is 83.8 Å². The van der Waals surface area contributed by atoms with Crippen molar-refractivity contribution < 1.29 is 18.0 Å². The molecule has 0 unspecified atom stereocenters. The predicted octanol–water partition coefficient (Wildman–Crippen LogP) is 4.18. The molecular weight excluding hydrogens is 438 g/mol. The van der Waals surface area contributed by atoms with Gasteiger partial charge in [0.25, 0.3) is 10.0 Å². The summed E-state index contributed by atoms with van der Waals surface area (Å²) in [7, 11) is -4.13. The Balaban J connectivity index is 1.72. The van der Waals surface area contributed by atoms with Crippen molar-refractivity contribution in [2.24, 2.45) is 0 Å². The number of amides is 3. The second kappa shape index (κ2) is 9.07. The van der Waals surface area contributed by atoms with Crippen LogP contribution in [0, 0.1) is 6.92 Å². The summed E-state index contributed by atoms with van der Waals surface area (Å²) in [6.07, 6.45) is 0. The van der Waals surface area contributed by atoms with Gasteiger partial charge in [0.2, 0.25) is 5.91 Å². The molecule has 33 heavy (non-hydrogen) atoms. The van der Waals surface area contributed by atoms with E-state index < -0.39 is 16.1 Å². The van der Waals surface area contributed by atoms with Crippen molar-refractivity contribution in [1.82, 2.24) is 4.90 Å². The SMILES string of the molecule is CCN(Cc1ccccc1)C(=O)CN1C(=O)N(c2ccccc2C)S(=O)(=O)c2ccccc21. The number of likely N-dealkylation sites (N-methyl/N-ethyl adjacent to an activating group) is 1. The van der Waals surface area contributed by atoms with Crippen molar-refractivity contribution in [1.29, 1.82) is 0 Å². The molecule has 0 radical (unpaired) electrons. The number of benzene rings is 3. The van der Waals surface area contributed by atoms with Crippen LogP contribution >= 0.6 is 0 Å². The minimum absolute atomic E-state index is 0.00763. The highest BCUT2D eigenvalue weighted by atomic mass is 32.2. The zero-order valence-electron chi connectivity index (χ0n) is 18.5. The van der Waals surface area contributed by atoms with Gasteiger partial charge in [-0.15, -0.1) is 0 Å². The highest BCUT2D eigenvalue weighted by molar-refractivity contribution is 7.94. The molecule has 170 valence electrons. The van der Waals surface area contributed by atoms with E-state index >= 15 is 0 Å². The summed E-state index contributed by atoms with van der Waals surface area (Å²) in [5, 5.41) is 0. The maximum atomic E-state index is 13.6. The Hall–Kier alpha value is -3.65. The third-order valence-corrected chi connectivity index (χ3v) is 7.39. The van der Waals surface area contributed by atoms with Crippen LogP contribution in [0.3, 0.4) is 0 Å². The molecular formula is C25H25N3O4S. The second-order valence-corrected chi connectivity index (χ2v) is 9.54. The minimum Gasteiger partial charge on any atom is -0.337 e. The number of anilines is 2. The third kappa shape index (κ3) is 4.21. The number of carbonyl (C=O) groups excluding carboxylic acids is 2. The van der Waals surface area contributed by atoms with Gasteiger partial charge in [0, 0.05) is 13.1 Å². The topological polar surface area (TPSA) is 78.0 Å². The molecule has 0 saturated heterocycles. The number of sulfonamides is 1. The molecule has 0 aliphatic carbocycles. The van der Waals surface area contributed by atoms with Crippen LogP contribution in [-0.4, -0.2) is 38.3 Å². The molecule has 1 aliphatic rings. The molecule has 0 spiro atoms. The smallest absolute Gasteiger partial charge is 0.337 e. The average Bonchev–Trinajstić information content (AvgIpc) is 2.82. The molecule has 4 rings (SSSR count). The predicted molar refractivity (Wildman–Crippen MR) is 128 cm³/mol. The van der Waals surface area contributed by atoms with Gasteiger partial charge in [0.15, 0.2) is 0 Å². The quantitative estimate of drug-likeness (QED) is 0.550. The summed E-state index contributed by atoms with van der Waals surface area (Å²) in [5.74, 6) is -0.270. The van der Waals surface area contributed by atoms with Crippen molar-refractivity contribution in [3.05, 3.63) is 90.0 Å². The first-order valence-electron chi connectivity index (χ1n) is 10.7. The molecule has 0 bridgehead atoms. The number of nitrogens with zero attached hydrogens (tertiary/aromatic N) is 3. The van der Waals surface area contributed by atoms with Crippen molar-refractivity contribution >= 4 is 33.3 Å². The summed E-state index contributed by atoms with van der Waals surface area (Å²) in [5.41, 5.74) is 2.09. The minimum atomic E-state index is -4.13. The molecule has 0 fully saturated rings. The summed E-state index contributed by atoms with van der Waals surface area (Å²) < 4.78 is 27.6. The van der Waals surface area contributed by atoms with Crippen LogP contribution in [0.5, 0.6) is 0 Å². The van der Waals surface area contributed by atoms with Crippen LogP contribution in [0.2, 0.25) is 0 Å². The number of hydrogen-bond acceptors (Lipinski definition) is 4. The van der Waals surface area contributed by atoms with Crippen molar-refractivity contribution in [3.8, 4) is 0 Å². The molecule has 1 aliphatic heterocycles. The average molecular weight is 464 g/mol. The number of aryl methyl sites for hydroxylation is 1. The standard InChI is InChI=1S/C25H25N3O4S/c1-3-26(17-20-12-5-4-6-13-20)24(29)18-27-22-15-9-10-16-23(22)33(31,32)28(25(27)30)21-14-8-7-11-19(21)2/h4-16H,3,17-18H2,1-2H3. The van der Waals surface area contributed by atoms with Gasteiger partial charge >= 0.3 is 6.03 Å². The zero-order chi connectivity index (χ0) is 23.6. The summed E-state index contributed by atoms with van der Waals surface area (Å²) in [6, 6.07) is 21.9. The lowest BCUT2D eigenvalue weighted by Crippen LogP contribution is -2.54. The fraction of sp³-hybridized carbons (Fsp3) is 0.200. The first-order chi connectivity index (χ1) is 15.8. The lowest BCUT2D eigenvalue weighted by molar-refractivity contribution is -0.130. The number of rotatable bonds is 6. The van der Waals surface area contributed by atoms with Crippen molar-refractivity contribution in [3.63, 3.8) is 0 Å². The maximum absolute atomic E-state index is 13.6. The van der Waals surface area contributed by atoms with Gasteiger partial charge in [-0.25, -0.2) is 13.2 Å². The number of para-hydroxylation sites is 2. The monoisotopic (exact) mass is 463 g/mol.